The quantitative estimate of drug-likeness (QED) is 0.821. The average molecular weight is 253 g/mol. The molecule has 0 unspecified atom stereocenters. The molecule has 16 heavy (non-hydrogen) atoms. The van der Waals surface area contributed by atoms with Crippen LogP contribution in [0.15, 0.2) is 12.3 Å². The molecule has 2 aromatic rings. The first-order chi connectivity index (χ1) is 7.67. The SMILES string of the molecule is Cc1nc([ClH+])cc(Nc2ncc(C#N)s2)n1. The van der Waals surface area contributed by atoms with Gasteiger partial charge in [0, 0.05) is 0 Å². The van der Waals surface area contributed by atoms with Gasteiger partial charge in [-0.3, -0.25) is 0 Å². The molecular weight excluding hydrogens is 246 g/mol. The van der Waals surface area contributed by atoms with Crippen LogP contribution in [0.1, 0.15) is 10.7 Å². The van der Waals surface area contributed by atoms with Crippen LogP contribution in [0.25, 0.3) is 0 Å². The van der Waals surface area contributed by atoms with E-state index >= 15 is 0 Å². The maximum Gasteiger partial charge on any atom is 0.323 e. The van der Waals surface area contributed by atoms with Crippen molar-refractivity contribution in [3.8, 4) is 6.07 Å². The van der Waals surface area contributed by atoms with Crippen LogP contribution in [-0.4, -0.2) is 15.0 Å². The summed E-state index contributed by atoms with van der Waals surface area (Å²) in [6.07, 6.45) is 1.51. The maximum atomic E-state index is 8.66. The molecule has 0 aliphatic carbocycles. The highest BCUT2D eigenvalue weighted by Gasteiger charge is 2.07. The van der Waals surface area contributed by atoms with Gasteiger partial charge in [0.15, 0.2) is 16.7 Å². The molecule has 0 atom stereocenters. The third kappa shape index (κ3) is 2.45. The molecule has 2 heterocycles. The zero-order chi connectivity index (χ0) is 11.5. The van der Waals surface area contributed by atoms with E-state index in [2.05, 4.69) is 20.3 Å². The number of nitriles is 1. The van der Waals surface area contributed by atoms with E-state index in [0.29, 0.717) is 26.8 Å². The lowest BCUT2D eigenvalue weighted by atomic mass is 10.5. The Hall–Kier alpha value is -1.71. The summed E-state index contributed by atoms with van der Waals surface area (Å²) in [6.45, 7) is 1.77. The van der Waals surface area contributed by atoms with Crippen LogP contribution in [0, 0.1) is 29.9 Å². The lowest BCUT2D eigenvalue weighted by Gasteiger charge is -2.00. The third-order valence-electron chi connectivity index (χ3n) is 1.67. The Morgan fingerprint density at radius 2 is 2.31 bits per heavy atom. The minimum atomic E-state index is 0.479. The van der Waals surface area contributed by atoms with Gasteiger partial charge in [0.25, 0.3) is 0 Å². The first kappa shape index (κ1) is 10.8. The molecule has 2 aromatic heterocycles. The molecule has 80 valence electrons. The van der Waals surface area contributed by atoms with Crippen LogP contribution in [0.5, 0.6) is 0 Å². The second kappa shape index (κ2) is 4.43. The van der Waals surface area contributed by atoms with Gasteiger partial charge in [-0.2, -0.15) is 10.2 Å². The first-order valence-electron chi connectivity index (χ1n) is 4.33. The monoisotopic (exact) mass is 252 g/mol. The molecule has 0 fully saturated rings. The Morgan fingerprint density at radius 3 is 2.94 bits per heavy atom. The van der Waals surface area contributed by atoms with E-state index in [9.17, 15) is 0 Å². The topological polar surface area (TPSA) is 74.5 Å². The summed E-state index contributed by atoms with van der Waals surface area (Å²) < 4.78 is 0. The largest absolute Gasteiger partial charge is 0.323 e. The van der Waals surface area contributed by atoms with E-state index in [4.69, 9.17) is 16.9 Å². The molecule has 0 aliphatic heterocycles. The van der Waals surface area contributed by atoms with Crippen molar-refractivity contribution in [2.45, 2.75) is 6.92 Å². The number of thiazole rings is 1. The predicted molar refractivity (Wildman–Crippen MR) is 57.4 cm³/mol. The molecule has 1 N–H and O–H groups in total. The standard InChI is InChI=1S/C9H7ClN5S/c1-5-13-7(10)2-8(14-5)15-9-12-4-6(3-11)16-9/h2,4,10H,1H3,(H,12,13,14,15)/q+1. The number of rotatable bonds is 2. The highest BCUT2D eigenvalue weighted by atomic mass is 35.5. The van der Waals surface area contributed by atoms with Crippen LogP contribution in [0.3, 0.4) is 0 Å². The minimum absolute atomic E-state index is 0.479. The second-order valence-corrected chi connectivity index (χ2v) is 4.35. The highest BCUT2D eigenvalue weighted by Crippen LogP contribution is 2.21. The fourth-order valence-corrected chi connectivity index (χ4v) is 1.96. The van der Waals surface area contributed by atoms with Crippen molar-refractivity contribution in [3.05, 3.63) is 28.1 Å². The molecule has 2 rings (SSSR count). The number of hydrogen-bond acceptors (Lipinski definition) is 6. The fourth-order valence-electron chi connectivity index (χ4n) is 1.10. The second-order valence-electron chi connectivity index (χ2n) is 2.91. The summed E-state index contributed by atoms with van der Waals surface area (Å²) in [6, 6.07) is 3.67. The van der Waals surface area contributed by atoms with Crippen molar-refractivity contribution in [3.63, 3.8) is 0 Å². The molecule has 7 heteroatoms. The van der Waals surface area contributed by atoms with E-state index < -0.39 is 0 Å². The summed E-state index contributed by atoms with van der Waals surface area (Å²) in [5.74, 6) is 1.20. The molecule has 0 bridgehead atoms. The Labute approximate surface area is 101 Å². The predicted octanol–water partition coefficient (Wildman–Crippen LogP) is 1.55. The lowest BCUT2D eigenvalue weighted by Crippen LogP contribution is -1.97. The number of anilines is 2. The minimum Gasteiger partial charge on any atom is -0.316 e. The van der Waals surface area contributed by atoms with Crippen molar-refractivity contribution < 1.29 is 11.6 Å². The molecule has 0 radical (unpaired) electrons. The van der Waals surface area contributed by atoms with Gasteiger partial charge in [-0.25, -0.2) is 9.97 Å². The molecule has 0 saturated heterocycles. The normalized spacial score (nSPS) is 9.81. The molecule has 0 saturated carbocycles. The van der Waals surface area contributed by atoms with Gasteiger partial charge in [-0.1, -0.05) is 11.3 Å². The summed E-state index contributed by atoms with van der Waals surface area (Å²) in [5, 5.41) is 12.7. The van der Waals surface area contributed by atoms with E-state index in [-0.39, 0.29) is 0 Å². The number of halogens is 1. The van der Waals surface area contributed by atoms with E-state index in [1.54, 1.807) is 13.0 Å². The van der Waals surface area contributed by atoms with Crippen molar-refractivity contribution in [1.82, 2.24) is 15.0 Å². The highest BCUT2D eigenvalue weighted by molar-refractivity contribution is 7.16. The van der Waals surface area contributed by atoms with Gasteiger partial charge >= 0.3 is 5.15 Å². The number of aryl methyl sites for hydroxylation is 1. The summed E-state index contributed by atoms with van der Waals surface area (Å²) in [7, 11) is 0. The molecule has 0 amide bonds. The zero-order valence-corrected chi connectivity index (χ0v) is 9.89. The van der Waals surface area contributed by atoms with Gasteiger partial charge in [0.2, 0.25) is 0 Å². The van der Waals surface area contributed by atoms with E-state index in [0.717, 1.165) is 0 Å². The van der Waals surface area contributed by atoms with Crippen LogP contribution in [0.4, 0.5) is 10.9 Å². The number of nitrogens with one attached hydrogen (secondary N) is 1. The molecule has 0 spiro atoms. The van der Waals surface area contributed by atoms with Crippen LogP contribution in [0.2, 0.25) is 5.15 Å². The molecule has 5 nitrogen and oxygen atoms in total. The smallest absolute Gasteiger partial charge is 0.316 e. The maximum absolute atomic E-state index is 8.66. The number of nitrogens with zero attached hydrogens (tertiary/aromatic N) is 4. The summed E-state index contributed by atoms with van der Waals surface area (Å²) >= 11 is 6.23. The molecule has 0 aliphatic rings. The Balaban J connectivity index is 2.23. The Kier molecular flexibility index (Phi) is 2.99. The number of hydrogen-bond donors (Lipinski definition) is 1. The zero-order valence-electron chi connectivity index (χ0n) is 8.26. The average Bonchev–Trinajstić information content (AvgIpc) is 2.64. The molecule has 0 aromatic carbocycles. The van der Waals surface area contributed by atoms with Gasteiger partial charge < -0.3 is 5.32 Å². The van der Waals surface area contributed by atoms with Gasteiger partial charge in [0.05, 0.1) is 12.3 Å². The molecular formula is C9H7ClN5S+. The third-order valence-corrected chi connectivity index (χ3v) is 2.69. The van der Waals surface area contributed by atoms with E-state index in [1.165, 1.54) is 17.5 Å². The van der Waals surface area contributed by atoms with Crippen LogP contribution in [-0.2, 0) is 0 Å². The van der Waals surface area contributed by atoms with Crippen molar-refractivity contribution in [1.29, 1.82) is 5.26 Å². The van der Waals surface area contributed by atoms with Gasteiger partial charge in [-0.15, -0.1) is 0 Å². The number of aromatic nitrogens is 3. The Bertz CT molecular complexity index is 539. The van der Waals surface area contributed by atoms with Gasteiger partial charge in [0.1, 0.15) is 22.6 Å². The van der Waals surface area contributed by atoms with E-state index in [1.807, 2.05) is 6.07 Å². The van der Waals surface area contributed by atoms with Crippen molar-refractivity contribution >= 4 is 22.3 Å². The van der Waals surface area contributed by atoms with Crippen molar-refractivity contribution in [2.75, 3.05) is 5.32 Å². The van der Waals surface area contributed by atoms with Crippen LogP contribution < -0.4 is 5.32 Å². The lowest BCUT2D eigenvalue weighted by molar-refractivity contribution is -0.296. The van der Waals surface area contributed by atoms with Crippen LogP contribution >= 0.6 is 11.3 Å². The first-order valence-corrected chi connectivity index (χ1v) is 5.55. The Morgan fingerprint density at radius 1 is 1.50 bits per heavy atom. The van der Waals surface area contributed by atoms with Crippen molar-refractivity contribution in [2.24, 2.45) is 0 Å². The van der Waals surface area contributed by atoms with Gasteiger partial charge in [-0.05, 0) is 6.92 Å². The summed E-state index contributed by atoms with van der Waals surface area (Å²) in [4.78, 5) is 12.7. The fraction of sp³-hybridized carbons (Fsp3) is 0.111. The summed E-state index contributed by atoms with van der Waals surface area (Å²) in [5.41, 5.74) is 0.